The number of aromatic nitrogens is 2. The number of nitrogens with two attached hydrogens (primary N) is 2. The number of amides is 1. The van der Waals surface area contributed by atoms with Crippen molar-refractivity contribution in [2.24, 2.45) is 16.6 Å². The molecule has 1 aromatic carbocycles. The number of carbonyl (C=O) groups is 1. The van der Waals surface area contributed by atoms with Gasteiger partial charge in [-0.3, -0.25) is 10.2 Å². The Labute approximate surface area is 172 Å². The van der Waals surface area contributed by atoms with Crippen molar-refractivity contribution in [3.05, 3.63) is 36.0 Å². The van der Waals surface area contributed by atoms with Gasteiger partial charge in [0, 0.05) is 24.1 Å². The molecule has 1 aromatic heterocycles. The van der Waals surface area contributed by atoms with Crippen molar-refractivity contribution in [2.75, 3.05) is 16.1 Å². The van der Waals surface area contributed by atoms with Gasteiger partial charge in [0.2, 0.25) is 5.95 Å². The van der Waals surface area contributed by atoms with Crippen LogP contribution >= 0.6 is 0 Å². The largest absolute Gasteiger partial charge is 0.365 e. The number of alkyl halides is 1. The van der Waals surface area contributed by atoms with Crippen LogP contribution in [0.5, 0.6) is 0 Å². The highest BCUT2D eigenvalue weighted by molar-refractivity contribution is 6.14. The molecule has 3 rings (SSSR count). The molecule has 0 spiro atoms. The maximum atomic E-state index is 13.9. The summed E-state index contributed by atoms with van der Waals surface area (Å²) in [5.41, 5.74) is 15.6. The van der Waals surface area contributed by atoms with Crippen LogP contribution in [0.15, 0.2) is 35.6 Å². The first-order valence-electron chi connectivity index (χ1n) is 9.46. The highest BCUT2D eigenvalue weighted by Crippen LogP contribution is 2.25. The van der Waals surface area contributed by atoms with Crippen LogP contribution in [0, 0.1) is 5.41 Å². The summed E-state index contributed by atoms with van der Waals surface area (Å²) in [5.74, 6) is -0.254. The number of rotatable bonds is 8. The van der Waals surface area contributed by atoms with E-state index in [0.29, 0.717) is 24.2 Å². The molecule has 11 heteroatoms. The number of hydrogen-bond acceptors (Lipinski definition) is 9. The highest BCUT2D eigenvalue weighted by Gasteiger charge is 2.31. The van der Waals surface area contributed by atoms with E-state index in [0.717, 1.165) is 12.6 Å². The molecule has 0 radical (unpaired) electrons. The van der Waals surface area contributed by atoms with Gasteiger partial charge in [0.25, 0.3) is 5.91 Å². The summed E-state index contributed by atoms with van der Waals surface area (Å²) in [6, 6.07) is 6.12. The lowest BCUT2D eigenvalue weighted by Crippen LogP contribution is -2.49. The maximum Gasteiger partial charge on any atom is 0.254 e. The molecule has 3 atom stereocenters. The summed E-state index contributed by atoms with van der Waals surface area (Å²) >= 11 is 0. The van der Waals surface area contributed by atoms with Crippen LogP contribution in [0.2, 0.25) is 0 Å². The van der Waals surface area contributed by atoms with E-state index in [1.807, 2.05) is 0 Å². The predicted octanol–water partition coefficient (Wildman–Crippen LogP) is 2.00. The van der Waals surface area contributed by atoms with E-state index in [1.165, 1.54) is 12.4 Å². The van der Waals surface area contributed by atoms with Gasteiger partial charge in [-0.05, 0) is 37.5 Å². The highest BCUT2D eigenvalue weighted by atomic mass is 19.1. The van der Waals surface area contributed by atoms with Crippen LogP contribution in [-0.2, 0) is 0 Å². The van der Waals surface area contributed by atoms with Gasteiger partial charge in [-0.25, -0.2) is 9.37 Å². The summed E-state index contributed by atoms with van der Waals surface area (Å²) < 4.78 is 13.9. The lowest BCUT2D eigenvalue weighted by molar-refractivity contribution is 0.100. The molecular formula is C19H24FN9O. The first kappa shape index (κ1) is 21.1. The normalized spacial score (nSPS) is 21.2. The van der Waals surface area contributed by atoms with E-state index >= 15 is 0 Å². The van der Waals surface area contributed by atoms with E-state index in [2.05, 4.69) is 31.1 Å². The third-order valence-corrected chi connectivity index (χ3v) is 4.71. The van der Waals surface area contributed by atoms with Crippen molar-refractivity contribution >= 4 is 41.5 Å². The van der Waals surface area contributed by atoms with Crippen LogP contribution in [0.25, 0.3) is 0 Å². The zero-order valence-corrected chi connectivity index (χ0v) is 16.2. The van der Waals surface area contributed by atoms with Crippen LogP contribution in [0.3, 0.4) is 0 Å². The fraction of sp³-hybridized carbons (Fsp3) is 0.316. The number of hydrazone groups is 1. The van der Waals surface area contributed by atoms with Crippen molar-refractivity contribution in [2.45, 2.75) is 37.5 Å². The summed E-state index contributed by atoms with van der Waals surface area (Å²) in [6.07, 6.45) is 4.45. The Bertz CT molecular complexity index is 936. The SMILES string of the molecule is N=C/C=N\Nc1cccc(Nc2nc(N[C@@H]3CCC[C@H](F)[C@@H]3N)ncc2C(N)=O)c1. The minimum atomic E-state index is -1.08. The molecule has 1 aliphatic rings. The molecule has 0 aliphatic heterocycles. The van der Waals surface area contributed by atoms with E-state index < -0.39 is 18.1 Å². The van der Waals surface area contributed by atoms with Gasteiger partial charge in [0.05, 0.1) is 17.9 Å². The molecule has 0 saturated heterocycles. The molecular weight excluding hydrogens is 389 g/mol. The average Bonchev–Trinajstić information content (AvgIpc) is 2.72. The molecule has 158 valence electrons. The Kier molecular flexibility index (Phi) is 6.86. The zero-order chi connectivity index (χ0) is 21.5. The van der Waals surface area contributed by atoms with Crippen LogP contribution in [-0.4, -0.2) is 46.6 Å². The number of carbonyl (C=O) groups excluding carboxylic acids is 1. The number of primary amides is 1. The van der Waals surface area contributed by atoms with Crippen LogP contribution in [0.4, 0.5) is 27.5 Å². The third-order valence-electron chi connectivity index (χ3n) is 4.71. The zero-order valence-electron chi connectivity index (χ0n) is 16.2. The molecule has 2 aromatic rings. The quantitative estimate of drug-likeness (QED) is 0.284. The van der Waals surface area contributed by atoms with Gasteiger partial charge in [-0.15, -0.1) is 0 Å². The lowest BCUT2D eigenvalue weighted by Gasteiger charge is -2.32. The number of hydrogen-bond donors (Lipinski definition) is 6. The molecule has 1 fully saturated rings. The predicted molar refractivity (Wildman–Crippen MR) is 115 cm³/mol. The number of nitrogens with one attached hydrogen (secondary N) is 4. The number of benzene rings is 1. The summed E-state index contributed by atoms with van der Waals surface area (Å²) in [5, 5.41) is 16.9. The van der Waals surface area contributed by atoms with E-state index in [1.54, 1.807) is 24.3 Å². The van der Waals surface area contributed by atoms with Crippen LogP contribution < -0.4 is 27.5 Å². The maximum absolute atomic E-state index is 13.9. The fourth-order valence-electron chi connectivity index (χ4n) is 3.18. The van der Waals surface area contributed by atoms with E-state index in [4.69, 9.17) is 16.9 Å². The Morgan fingerprint density at radius 1 is 1.33 bits per heavy atom. The molecule has 1 saturated carbocycles. The Hall–Kier alpha value is -3.60. The first-order chi connectivity index (χ1) is 14.5. The van der Waals surface area contributed by atoms with Crippen LogP contribution in [0.1, 0.15) is 29.6 Å². The average molecular weight is 413 g/mol. The Balaban J connectivity index is 1.81. The number of halogens is 1. The van der Waals surface area contributed by atoms with Gasteiger partial charge < -0.3 is 27.5 Å². The number of nitrogens with zero attached hydrogens (tertiary/aromatic N) is 3. The van der Waals surface area contributed by atoms with Gasteiger partial charge in [-0.1, -0.05) is 6.07 Å². The van der Waals surface area contributed by atoms with Gasteiger partial charge >= 0.3 is 0 Å². The van der Waals surface area contributed by atoms with E-state index in [9.17, 15) is 9.18 Å². The summed E-state index contributed by atoms with van der Waals surface area (Å²) in [4.78, 5) is 20.3. The molecule has 1 amide bonds. The summed E-state index contributed by atoms with van der Waals surface area (Å²) in [6.45, 7) is 0. The summed E-state index contributed by atoms with van der Waals surface area (Å²) in [7, 11) is 0. The second-order valence-corrected chi connectivity index (χ2v) is 6.86. The van der Waals surface area contributed by atoms with E-state index in [-0.39, 0.29) is 23.4 Å². The second-order valence-electron chi connectivity index (χ2n) is 6.86. The monoisotopic (exact) mass is 413 g/mol. The van der Waals surface area contributed by atoms with Gasteiger partial charge in [0.1, 0.15) is 17.6 Å². The molecule has 0 bridgehead atoms. The van der Waals surface area contributed by atoms with Crippen molar-refractivity contribution < 1.29 is 9.18 Å². The minimum absolute atomic E-state index is 0.108. The minimum Gasteiger partial charge on any atom is -0.365 e. The third kappa shape index (κ3) is 5.26. The molecule has 8 N–H and O–H groups in total. The van der Waals surface area contributed by atoms with Gasteiger partial charge in [-0.2, -0.15) is 10.1 Å². The molecule has 30 heavy (non-hydrogen) atoms. The van der Waals surface area contributed by atoms with Gasteiger partial charge in [0.15, 0.2) is 0 Å². The number of anilines is 4. The molecule has 1 heterocycles. The van der Waals surface area contributed by atoms with Crippen molar-refractivity contribution in [3.63, 3.8) is 0 Å². The van der Waals surface area contributed by atoms with Crippen molar-refractivity contribution in [3.8, 4) is 0 Å². The Morgan fingerprint density at radius 2 is 2.13 bits per heavy atom. The fourth-order valence-corrected chi connectivity index (χ4v) is 3.18. The Morgan fingerprint density at radius 3 is 2.90 bits per heavy atom. The molecule has 0 unspecified atom stereocenters. The van der Waals surface area contributed by atoms with Crippen molar-refractivity contribution in [1.82, 2.24) is 9.97 Å². The standard InChI is InChI=1S/C19H24FN9O/c20-14-5-2-6-15(16(14)22)27-19-24-10-13(17(23)30)18(28-19)26-11-3-1-4-12(9-11)29-25-8-7-21/h1,3-4,7-10,14-16,21,29H,2,5-6,22H2,(H2,23,30)(H2,24,26,27,28)/b21-7?,25-8-/t14-,15+,16-/m0/s1. The first-order valence-corrected chi connectivity index (χ1v) is 9.46. The molecule has 10 nitrogen and oxygen atoms in total. The topological polar surface area (TPSA) is 167 Å². The van der Waals surface area contributed by atoms with Crippen molar-refractivity contribution in [1.29, 1.82) is 5.41 Å². The second kappa shape index (κ2) is 9.74. The molecule has 1 aliphatic carbocycles. The lowest BCUT2D eigenvalue weighted by atomic mass is 9.89. The smallest absolute Gasteiger partial charge is 0.254 e.